The molecule has 0 amide bonds. The molecule has 0 bridgehead atoms. The lowest BCUT2D eigenvalue weighted by atomic mass is 10.2. The van der Waals surface area contributed by atoms with Crippen molar-refractivity contribution in [2.45, 2.75) is 36.3 Å². The second-order valence-corrected chi connectivity index (χ2v) is 5.88. The summed E-state index contributed by atoms with van der Waals surface area (Å²) in [5, 5.41) is 15.5. The Bertz CT molecular complexity index is 614. The quantitative estimate of drug-likeness (QED) is 0.793. The van der Waals surface area contributed by atoms with E-state index in [1.807, 2.05) is 0 Å². The second kappa shape index (κ2) is 6.48. The van der Waals surface area contributed by atoms with E-state index < -0.39 is 11.6 Å². The van der Waals surface area contributed by atoms with E-state index in [1.165, 1.54) is 36.7 Å². The number of hydrogen-bond donors (Lipinski definition) is 1. The Balaban J connectivity index is 1.55. The fourth-order valence-corrected chi connectivity index (χ4v) is 2.77. The maximum absolute atomic E-state index is 13.6. The molecule has 1 aromatic carbocycles. The lowest BCUT2D eigenvalue weighted by Crippen LogP contribution is -2.22. The van der Waals surface area contributed by atoms with E-state index in [1.54, 1.807) is 4.68 Å². The minimum Gasteiger partial charge on any atom is -0.312 e. The predicted octanol–water partition coefficient (Wildman–Crippen LogP) is 2.00. The lowest BCUT2D eigenvalue weighted by molar-refractivity contribution is 0.509. The van der Waals surface area contributed by atoms with Crippen LogP contribution in [0.5, 0.6) is 0 Å². The fraction of sp³-hybridized carbons (Fsp3) is 0.462. The first-order valence-electron chi connectivity index (χ1n) is 6.78. The molecular weight excluding hydrogens is 296 g/mol. The first kappa shape index (κ1) is 14.4. The first-order valence-corrected chi connectivity index (χ1v) is 7.77. The molecule has 0 aliphatic heterocycles. The standard InChI is InChI=1S/C13H15F2N5S/c14-10-2-1-9(12(15)7-10)8-21-13-17-18-19-20(13)6-5-16-11-3-4-11/h1-2,7,11,16H,3-6,8H2. The highest BCUT2D eigenvalue weighted by molar-refractivity contribution is 7.98. The van der Waals surface area contributed by atoms with Crippen LogP contribution in [0.15, 0.2) is 23.4 Å². The molecule has 1 saturated carbocycles. The zero-order valence-electron chi connectivity index (χ0n) is 11.3. The Kier molecular flexibility index (Phi) is 4.45. The van der Waals surface area contributed by atoms with Crippen molar-refractivity contribution < 1.29 is 8.78 Å². The number of nitrogens with zero attached hydrogens (tertiary/aromatic N) is 4. The van der Waals surface area contributed by atoms with Crippen molar-refractivity contribution in [1.82, 2.24) is 25.5 Å². The van der Waals surface area contributed by atoms with Gasteiger partial charge >= 0.3 is 0 Å². The van der Waals surface area contributed by atoms with Crippen molar-refractivity contribution in [3.63, 3.8) is 0 Å². The SMILES string of the molecule is Fc1ccc(CSc2nnnn2CCNC2CC2)c(F)c1. The highest BCUT2D eigenvalue weighted by Gasteiger charge is 2.20. The van der Waals surface area contributed by atoms with Gasteiger partial charge in [-0.2, -0.15) is 0 Å². The van der Waals surface area contributed by atoms with E-state index in [0.29, 0.717) is 29.1 Å². The molecular formula is C13H15F2N5S. The molecule has 1 fully saturated rings. The third-order valence-electron chi connectivity index (χ3n) is 3.20. The Hall–Kier alpha value is -1.54. The van der Waals surface area contributed by atoms with Gasteiger partial charge in [-0.15, -0.1) is 5.10 Å². The van der Waals surface area contributed by atoms with Gasteiger partial charge in [0.15, 0.2) is 0 Å². The van der Waals surface area contributed by atoms with Crippen molar-refractivity contribution in [3.8, 4) is 0 Å². The van der Waals surface area contributed by atoms with Crippen molar-refractivity contribution in [1.29, 1.82) is 0 Å². The smallest absolute Gasteiger partial charge is 0.209 e. The molecule has 0 spiro atoms. The number of tetrazole rings is 1. The van der Waals surface area contributed by atoms with Gasteiger partial charge in [-0.3, -0.25) is 0 Å². The molecule has 0 radical (unpaired) electrons. The van der Waals surface area contributed by atoms with Crippen molar-refractivity contribution in [2.75, 3.05) is 6.54 Å². The Labute approximate surface area is 125 Å². The van der Waals surface area contributed by atoms with Crippen LogP contribution in [0, 0.1) is 11.6 Å². The topological polar surface area (TPSA) is 55.6 Å². The molecule has 0 saturated heterocycles. The molecule has 1 aliphatic rings. The van der Waals surface area contributed by atoms with Crippen LogP contribution >= 0.6 is 11.8 Å². The summed E-state index contributed by atoms with van der Waals surface area (Å²) < 4.78 is 28.1. The average molecular weight is 311 g/mol. The number of benzene rings is 1. The number of halogens is 2. The number of rotatable bonds is 7. The van der Waals surface area contributed by atoms with E-state index in [2.05, 4.69) is 20.8 Å². The van der Waals surface area contributed by atoms with Crippen LogP contribution in [0.4, 0.5) is 8.78 Å². The summed E-state index contributed by atoms with van der Waals surface area (Å²) in [6.45, 7) is 1.49. The van der Waals surface area contributed by atoms with Gasteiger partial charge in [-0.05, 0) is 34.9 Å². The normalized spacial score (nSPS) is 14.6. The Morgan fingerprint density at radius 3 is 2.95 bits per heavy atom. The van der Waals surface area contributed by atoms with Crippen LogP contribution < -0.4 is 5.32 Å². The van der Waals surface area contributed by atoms with Gasteiger partial charge in [0.1, 0.15) is 11.6 Å². The zero-order valence-corrected chi connectivity index (χ0v) is 12.1. The lowest BCUT2D eigenvalue weighted by Gasteiger charge is -2.06. The molecule has 21 heavy (non-hydrogen) atoms. The van der Waals surface area contributed by atoms with Crippen LogP contribution in [0.25, 0.3) is 0 Å². The fourth-order valence-electron chi connectivity index (χ4n) is 1.88. The molecule has 5 nitrogen and oxygen atoms in total. The summed E-state index contributed by atoms with van der Waals surface area (Å²) in [7, 11) is 0. The van der Waals surface area contributed by atoms with Gasteiger partial charge in [-0.1, -0.05) is 17.8 Å². The van der Waals surface area contributed by atoms with E-state index in [4.69, 9.17) is 0 Å². The highest BCUT2D eigenvalue weighted by atomic mass is 32.2. The number of thioether (sulfide) groups is 1. The monoisotopic (exact) mass is 311 g/mol. The van der Waals surface area contributed by atoms with Crippen LogP contribution in [-0.4, -0.2) is 32.8 Å². The van der Waals surface area contributed by atoms with Crippen LogP contribution in [0.3, 0.4) is 0 Å². The third-order valence-corrected chi connectivity index (χ3v) is 4.21. The molecule has 3 rings (SSSR count). The van der Waals surface area contributed by atoms with Crippen LogP contribution in [0.2, 0.25) is 0 Å². The molecule has 0 unspecified atom stereocenters. The second-order valence-electron chi connectivity index (χ2n) is 4.94. The van der Waals surface area contributed by atoms with Crippen molar-refractivity contribution >= 4 is 11.8 Å². The van der Waals surface area contributed by atoms with E-state index >= 15 is 0 Å². The van der Waals surface area contributed by atoms with Crippen LogP contribution in [-0.2, 0) is 12.3 Å². The predicted molar refractivity (Wildman–Crippen MR) is 74.8 cm³/mol. The van der Waals surface area contributed by atoms with Gasteiger partial charge < -0.3 is 5.32 Å². The molecule has 112 valence electrons. The largest absolute Gasteiger partial charge is 0.312 e. The average Bonchev–Trinajstić information content (AvgIpc) is 3.17. The number of nitrogens with one attached hydrogen (secondary N) is 1. The van der Waals surface area contributed by atoms with E-state index in [0.717, 1.165) is 12.6 Å². The molecule has 2 aromatic rings. The van der Waals surface area contributed by atoms with E-state index in [9.17, 15) is 8.78 Å². The molecule has 1 N–H and O–H groups in total. The van der Waals surface area contributed by atoms with Gasteiger partial charge in [0.2, 0.25) is 5.16 Å². The minimum atomic E-state index is -0.572. The number of hydrogen-bond acceptors (Lipinski definition) is 5. The van der Waals surface area contributed by atoms with E-state index in [-0.39, 0.29) is 0 Å². The number of aromatic nitrogens is 4. The molecule has 0 atom stereocenters. The minimum absolute atomic E-state index is 0.364. The molecule has 8 heteroatoms. The Morgan fingerprint density at radius 1 is 1.33 bits per heavy atom. The van der Waals surface area contributed by atoms with Gasteiger partial charge in [-0.25, -0.2) is 13.5 Å². The highest BCUT2D eigenvalue weighted by Crippen LogP contribution is 2.22. The van der Waals surface area contributed by atoms with Gasteiger partial charge in [0, 0.05) is 24.4 Å². The maximum Gasteiger partial charge on any atom is 0.209 e. The third kappa shape index (κ3) is 3.98. The maximum atomic E-state index is 13.6. The summed E-state index contributed by atoms with van der Waals surface area (Å²) in [5.74, 6) is -0.753. The summed E-state index contributed by atoms with van der Waals surface area (Å²) in [4.78, 5) is 0. The first-order chi connectivity index (χ1) is 10.2. The molecule has 1 aliphatic carbocycles. The summed E-state index contributed by atoms with van der Waals surface area (Å²) >= 11 is 1.34. The molecule has 1 heterocycles. The summed E-state index contributed by atoms with van der Waals surface area (Å²) in [6.07, 6.45) is 2.47. The molecule has 1 aromatic heterocycles. The van der Waals surface area contributed by atoms with Gasteiger partial charge in [0.05, 0.1) is 6.54 Å². The zero-order chi connectivity index (χ0) is 14.7. The summed E-state index contributed by atoms with van der Waals surface area (Å²) in [5.41, 5.74) is 0.437. The van der Waals surface area contributed by atoms with Crippen molar-refractivity contribution in [2.24, 2.45) is 0 Å². The van der Waals surface area contributed by atoms with Crippen molar-refractivity contribution in [3.05, 3.63) is 35.4 Å². The summed E-state index contributed by atoms with van der Waals surface area (Å²) in [6, 6.07) is 4.23. The van der Waals surface area contributed by atoms with Gasteiger partial charge in [0.25, 0.3) is 0 Å². The van der Waals surface area contributed by atoms with Crippen LogP contribution in [0.1, 0.15) is 18.4 Å². The Morgan fingerprint density at radius 2 is 2.19 bits per heavy atom.